The van der Waals surface area contributed by atoms with E-state index in [-0.39, 0.29) is 10.3 Å². The number of hydrogen-bond donors (Lipinski definition) is 0. The summed E-state index contributed by atoms with van der Waals surface area (Å²) in [5.41, 5.74) is 1.16. The molecule has 0 aliphatic carbocycles. The number of ether oxygens (including phenoxy) is 1. The Morgan fingerprint density at radius 3 is 1.88 bits per heavy atom. The van der Waals surface area contributed by atoms with Crippen LogP contribution in [-0.2, 0) is 11.3 Å². The van der Waals surface area contributed by atoms with Crippen molar-refractivity contribution in [2.75, 3.05) is 0 Å². The summed E-state index contributed by atoms with van der Waals surface area (Å²) >= 11 is 1.89. The summed E-state index contributed by atoms with van der Waals surface area (Å²) < 4.78 is 6.02. The Balaban J connectivity index is 2.56. The van der Waals surface area contributed by atoms with Gasteiger partial charge >= 0.3 is 0 Å². The second-order valence-electron chi connectivity index (χ2n) is 6.26. The van der Waals surface area contributed by atoms with E-state index >= 15 is 0 Å². The molecule has 0 saturated heterocycles. The maximum absolute atomic E-state index is 5.75. The molecular weight excluding hydrogens is 228 g/mol. The van der Waals surface area contributed by atoms with Gasteiger partial charge in [-0.1, -0.05) is 32.9 Å². The molecule has 0 unspecified atom stereocenters. The molecule has 0 amide bonds. The first-order valence-electron chi connectivity index (χ1n) is 6.08. The van der Waals surface area contributed by atoms with Crippen LogP contribution in [-0.4, -0.2) is 10.3 Å². The molecule has 0 N–H and O–H groups in total. The number of benzene rings is 1. The van der Waals surface area contributed by atoms with Crippen LogP contribution < -0.4 is 0 Å². The minimum atomic E-state index is -0.0706. The smallest absolute Gasteiger partial charge is 0.0724 e. The van der Waals surface area contributed by atoms with Crippen LogP contribution >= 0.6 is 11.8 Å². The van der Waals surface area contributed by atoms with Crippen LogP contribution in [0.1, 0.15) is 47.1 Å². The fraction of sp³-hybridized carbons (Fsp3) is 0.600. The third kappa shape index (κ3) is 6.75. The minimum Gasteiger partial charge on any atom is -0.371 e. The van der Waals surface area contributed by atoms with Crippen molar-refractivity contribution in [2.45, 2.75) is 63.4 Å². The Kier molecular flexibility index (Phi) is 4.68. The molecule has 0 aromatic heterocycles. The van der Waals surface area contributed by atoms with Crippen LogP contribution in [0.15, 0.2) is 29.2 Å². The van der Waals surface area contributed by atoms with Crippen LogP contribution in [0.25, 0.3) is 0 Å². The average molecular weight is 252 g/mol. The molecule has 0 aliphatic heterocycles. The van der Waals surface area contributed by atoms with E-state index in [1.165, 1.54) is 10.5 Å². The van der Waals surface area contributed by atoms with Gasteiger partial charge < -0.3 is 4.74 Å². The number of hydrogen-bond acceptors (Lipinski definition) is 2. The first-order valence-corrected chi connectivity index (χ1v) is 6.89. The highest BCUT2D eigenvalue weighted by atomic mass is 32.2. The largest absolute Gasteiger partial charge is 0.371 e. The molecule has 1 rings (SSSR count). The van der Waals surface area contributed by atoms with E-state index in [0.29, 0.717) is 6.61 Å². The van der Waals surface area contributed by atoms with Gasteiger partial charge in [0.1, 0.15) is 0 Å². The lowest BCUT2D eigenvalue weighted by atomic mass is 10.2. The highest BCUT2D eigenvalue weighted by Gasteiger charge is 2.12. The molecule has 2 heteroatoms. The number of thioether (sulfide) groups is 1. The molecule has 17 heavy (non-hydrogen) atoms. The fourth-order valence-corrected chi connectivity index (χ4v) is 2.29. The van der Waals surface area contributed by atoms with E-state index in [2.05, 4.69) is 65.8 Å². The van der Waals surface area contributed by atoms with Crippen molar-refractivity contribution in [3.05, 3.63) is 29.8 Å². The van der Waals surface area contributed by atoms with Crippen molar-refractivity contribution < 1.29 is 4.74 Å². The molecule has 0 fully saturated rings. The lowest BCUT2D eigenvalue weighted by Gasteiger charge is -2.20. The van der Waals surface area contributed by atoms with Crippen LogP contribution in [0.3, 0.4) is 0 Å². The number of rotatable bonds is 3. The van der Waals surface area contributed by atoms with Gasteiger partial charge in [0.25, 0.3) is 0 Å². The highest BCUT2D eigenvalue weighted by Crippen LogP contribution is 2.31. The Morgan fingerprint density at radius 1 is 0.941 bits per heavy atom. The summed E-state index contributed by atoms with van der Waals surface area (Å²) in [7, 11) is 0. The predicted molar refractivity (Wildman–Crippen MR) is 76.6 cm³/mol. The van der Waals surface area contributed by atoms with E-state index in [1.807, 2.05) is 11.8 Å². The molecule has 0 heterocycles. The predicted octanol–water partition coefficient (Wildman–Crippen LogP) is 4.89. The molecule has 1 aromatic carbocycles. The monoisotopic (exact) mass is 252 g/mol. The van der Waals surface area contributed by atoms with Gasteiger partial charge in [-0.15, -0.1) is 11.8 Å². The van der Waals surface area contributed by atoms with Gasteiger partial charge in [-0.3, -0.25) is 0 Å². The molecule has 1 aromatic rings. The summed E-state index contributed by atoms with van der Waals surface area (Å²) in [6, 6.07) is 8.66. The summed E-state index contributed by atoms with van der Waals surface area (Å²) in [5, 5.41) is 0. The van der Waals surface area contributed by atoms with Gasteiger partial charge in [0.2, 0.25) is 0 Å². The quantitative estimate of drug-likeness (QED) is 0.708. The van der Waals surface area contributed by atoms with Gasteiger partial charge in [-0.25, -0.2) is 0 Å². The molecule has 0 atom stereocenters. The van der Waals surface area contributed by atoms with Crippen molar-refractivity contribution >= 4 is 11.8 Å². The molecule has 0 aliphatic rings. The zero-order valence-corrected chi connectivity index (χ0v) is 12.6. The minimum absolute atomic E-state index is 0.0706. The summed E-state index contributed by atoms with van der Waals surface area (Å²) in [6.07, 6.45) is 0. The third-order valence-electron chi connectivity index (χ3n) is 2.02. The van der Waals surface area contributed by atoms with Crippen LogP contribution in [0.5, 0.6) is 0 Å². The summed E-state index contributed by atoms with van der Waals surface area (Å²) in [6.45, 7) is 13.6. The lowest BCUT2D eigenvalue weighted by molar-refractivity contribution is -0.0149. The fourth-order valence-electron chi connectivity index (χ4n) is 1.31. The highest BCUT2D eigenvalue weighted by molar-refractivity contribution is 8.00. The van der Waals surface area contributed by atoms with Gasteiger partial charge in [-0.2, -0.15) is 0 Å². The van der Waals surface area contributed by atoms with Crippen molar-refractivity contribution in [1.29, 1.82) is 0 Å². The van der Waals surface area contributed by atoms with Crippen molar-refractivity contribution in [3.8, 4) is 0 Å². The molecule has 1 nitrogen and oxygen atoms in total. The summed E-state index contributed by atoms with van der Waals surface area (Å²) in [5.74, 6) is 0. The molecule has 0 spiro atoms. The topological polar surface area (TPSA) is 9.23 Å². The van der Waals surface area contributed by atoms with E-state index in [9.17, 15) is 0 Å². The molecule has 0 bridgehead atoms. The van der Waals surface area contributed by atoms with Crippen LogP contribution in [0, 0.1) is 0 Å². The van der Waals surface area contributed by atoms with Gasteiger partial charge in [0.05, 0.1) is 12.2 Å². The maximum Gasteiger partial charge on any atom is 0.0724 e. The molecule has 0 saturated carbocycles. The summed E-state index contributed by atoms with van der Waals surface area (Å²) in [4.78, 5) is 1.32. The molecular formula is C15H24OS. The van der Waals surface area contributed by atoms with Crippen molar-refractivity contribution in [2.24, 2.45) is 0 Å². The van der Waals surface area contributed by atoms with Crippen molar-refractivity contribution in [3.63, 3.8) is 0 Å². The average Bonchev–Trinajstić information content (AvgIpc) is 2.13. The van der Waals surface area contributed by atoms with Crippen LogP contribution in [0.2, 0.25) is 0 Å². The standard InChI is InChI=1S/C15H24OS/c1-14(2,3)16-11-12-7-9-13(10-8-12)17-15(4,5)6/h7-10H,11H2,1-6H3. The van der Waals surface area contributed by atoms with E-state index in [0.717, 1.165) is 0 Å². The zero-order valence-electron chi connectivity index (χ0n) is 11.8. The van der Waals surface area contributed by atoms with E-state index in [4.69, 9.17) is 4.74 Å². The van der Waals surface area contributed by atoms with E-state index in [1.54, 1.807) is 0 Å². The lowest BCUT2D eigenvalue weighted by Crippen LogP contribution is -2.18. The normalized spacial score (nSPS) is 12.8. The first kappa shape index (κ1) is 14.6. The van der Waals surface area contributed by atoms with Gasteiger partial charge in [-0.05, 0) is 38.5 Å². The van der Waals surface area contributed by atoms with E-state index < -0.39 is 0 Å². The Labute approximate surface area is 110 Å². The van der Waals surface area contributed by atoms with Gasteiger partial charge in [0.15, 0.2) is 0 Å². The Hall–Kier alpha value is -0.470. The maximum atomic E-state index is 5.75. The molecule has 96 valence electrons. The zero-order chi connectivity index (χ0) is 13.1. The Morgan fingerprint density at radius 2 is 1.47 bits per heavy atom. The molecule has 0 radical (unpaired) electrons. The SMILES string of the molecule is CC(C)(C)OCc1ccc(SC(C)(C)C)cc1. The second-order valence-corrected chi connectivity index (χ2v) is 8.16. The van der Waals surface area contributed by atoms with Crippen LogP contribution in [0.4, 0.5) is 0 Å². The van der Waals surface area contributed by atoms with Gasteiger partial charge in [0, 0.05) is 9.64 Å². The first-order chi connectivity index (χ1) is 7.66. The third-order valence-corrected chi connectivity index (χ3v) is 3.14. The van der Waals surface area contributed by atoms with Crippen molar-refractivity contribution in [1.82, 2.24) is 0 Å². The second kappa shape index (κ2) is 5.45. The Bertz CT molecular complexity index is 341.